The van der Waals surface area contributed by atoms with Crippen molar-refractivity contribution in [2.45, 2.75) is 19.3 Å². The van der Waals surface area contributed by atoms with Crippen molar-refractivity contribution in [3.05, 3.63) is 95.3 Å². The maximum absolute atomic E-state index is 10.6. The van der Waals surface area contributed by atoms with Gasteiger partial charge < -0.3 is 16.6 Å². The van der Waals surface area contributed by atoms with Crippen LogP contribution in [-0.2, 0) is 19.9 Å². The average molecular weight is 574 g/mol. The normalized spacial score (nSPS) is 12.0. The van der Waals surface area contributed by atoms with Crippen molar-refractivity contribution in [3.8, 4) is 34.2 Å². The van der Waals surface area contributed by atoms with E-state index in [1.165, 1.54) is 35.7 Å². The van der Waals surface area contributed by atoms with Gasteiger partial charge in [-0.05, 0) is 85.0 Å². The molecule has 0 bridgehead atoms. The maximum Gasteiger partial charge on any atom is 0.248 e. The van der Waals surface area contributed by atoms with Gasteiger partial charge in [0.1, 0.15) is 22.8 Å². The van der Waals surface area contributed by atoms with Gasteiger partial charge >= 0.3 is 0 Å². The van der Waals surface area contributed by atoms with Crippen LogP contribution >= 0.6 is 0 Å². The summed E-state index contributed by atoms with van der Waals surface area (Å²) in [5, 5.41) is 17.3. The summed E-state index contributed by atoms with van der Waals surface area (Å²) >= 11 is 0. The van der Waals surface area contributed by atoms with Gasteiger partial charge in [0.25, 0.3) is 0 Å². The minimum atomic E-state index is -0.627. The number of phenolic OH excluding ortho intramolecular Hbond substituents is 1. The number of hydrogen-bond acceptors (Lipinski definition) is 9. The van der Waals surface area contributed by atoms with Crippen LogP contribution in [0.5, 0.6) is 5.75 Å². The molecule has 0 fully saturated rings. The first-order chi connectivity index (χ1) is 20.8. The summed E-state index contributed by atoms with van der Waals surface area (Å²) in [5.41, 5.74) is 19.0. The molecule has 0 aliphatic heterocycles. The van der Waals surface area contributed by atoms with Gasteiger partial charge in [-0.3, -0.25) is 18.8 Å². The van der Waals surface area contributed by atoms with Gasteiger partial charge in [0, 0.05) is 24.5 Å². The van der Waals surface area contributed by atoms with E-state index in [0.717, 1.165) is 46.8 Å². The van der Waals surface area contributed by atoms with E-state index >= 15 is 0 Å². The van der Waals surface area contributed by atoms with Gasteiger partial charge in [-0.25, -0.2) is 15.0 Å². The lowest BCUT2D eigenvalue weighted by molar-refractivity contribution is 0.1000. The summed E-state index contributed by atoms with van der Waals surface area (Å²) in [6.07, 6.45) is 7.43. The number of aromatic hydroxyl groups is 1. The lowest BCUT2D eigenvalue weighted by Crippen LogP contribution is -2.10. The SMILES string of the molecule is Cn1cc(-c2ccc3nc(-c4cccnc4N)n(-c4ccc5c(c4)CCC5)c3n2)nn1.NC(=O)c1ccc(O)c(C=O)c1. The molecule has 4 aromatic heterocycles. The summed E-state index contributed by atoms with van der Waals surface area (Å²) in [6.45, 7) is 0. The lowest BCUT2D eigenvalue weighted by atomic mass is 10.1. The Bertz CT molecular complexity index is 2010. The van der Waals surface area contributed by atoms with Gasteiger partial charge in [-0.15, -0.1) is 5.10 Å². The Hall–Kier alpha value is -5.91. The highest BCUT2D eigenvalue weighted by atomic mass is 16.3. The molecule has 1 amide bonds. The van der Waals surface area contributed by atoms with Crippen LogP contribution in [0.25, 0.3) is 39.6 Å². The molecule has 2 aromatic carbocycles. The van der Waals surface area contributed by atoms with Crippen LogP contribution in [-0.4, -0.2) is 51.8 Å². The van der Waals surface area contributed by atoms with Gasteiger partial charge in [0.2, 0.25) is 5.91 Å². The number of aromatic nitrogens is 7. The number of imidazole rings is 1. The lowest BCUT2D eigenvalue weighted by Gasteiger charge is -2.12. The highest BCUT2D eigenvalue weighted by molar-refractivity contribution is 5.95. The average Bonchev–Trinajstić information content (AvgIpc) is 3.75. The van der Waals surface area contributed by atoms with Gasteiger partial charge in [-0.2, -0.15) is 0 Å². The summed E-state index contributed by atoms with van der Waals surface area (Å²) in [5.74, 6) is 0.379. The zero-order chi connectivity index (χ0) is 30.1. The quantitative estimate of drug-likeness (QED) is 0.259. The monoisotopic (exact) mass is 573 g/mol. The number of nitrogens with two attached hydrogens (primary N) is 2. The molecule has 4 heterocycles. The van der Waals surface area contributed by atoms with E-state index in [-0.39, 0.29) is 16.9 Å². The molecule has 0 unspecified atom stereocenters. The number of carbonyl (C=O) groups excluding carboxylic acids is 2. The first-order valence-electron chi connectivity index (χ1n) is 13.5. The van der Waals surface area contributed by atoms with Crippen molar-refractivity contribution in [2.24, 2.45) is 12.8 Å². The second kappa shape index (κ2) is 11.2. The number of benzene rings is 2. The Kier molecular flexibility index (Phi) is 7.08. The van der Waals surface area contributed by atoms with E-state index in [1.54, 1.807) is 10.9 Å². The van der Waals surface area contributed by atoms with Gasteiger partial charge in [-0.1, -0.05) is 11.3 Å². The van der Waals surface area contributed by atoms with Crippen molar-refractivity contribution in [1.82, 2.24) is 34.5 Å². The van der Waals surface area contributed by atoms with E-state index in [0.29, 0.717) is 17.8 Å². The number of nitrogens with zero attached hydrogens (tertiary/aromatic N) is 7. The largest absolute Gasteiger partial charge is 0.507 e. The third-order valence-corrected chi connectivity index (χ3v) is 7.23. The van der Waals surface area contributed by atoms with Crippen LogP contribution in [0.3, 0.4) is 0 Å². The van der Waals surface area contributed by atoms with Crippen molar-refractivity contribution < 1.29 is 14.7 Å². The Morgan fingerprint density at radius 1 is 1.00 bits per heavy atom. The van der Waals surface area contributed by atoms with E-state index in [4.69, 9.17) is 26.5 Å². The van der Waals surface area contributed by atoms with Crippen molar-refractivity contribution in [1.29, 1.82) is 0 Å². The van der Waals surface area contributed by atoms with E-state index in [9.17, 15) is 9.59 Å². The Balaban J connectivity index is 0.000000232. The predicted molar refractivity (Wildman–Crippen MR) is 161 cm³/mol. The molecular weight excluding hydrogens is 546 g/mol. The molecule has 7 rings (SSSR count). The molecule has 0 spiro atoms. The fourth-order valence-corrected chi connectivity index (χ4v) is 5.10. The van der Waals surface area contributed by atoms with Gasteiger partial charge in [0.05, 0.1) is 23.0 Å². The summed E-state index contributed by atoms with van der Waals surface area (Å²) in [7, 11) is 1.84. The highest BCUT2D eigenvalue weighted by Crippen LogP contribution is 2.33. The number of aryl methyl sites for hydroxylation is 3. The van der Waals surface area contributed by atoms with Crippen LogP contribution in [0.1, 0.15) is 38.3 Å². The molecule has 5 N–H and O–H groups in total. The first kappa shape index (κ1) is 27.3. The minimum Gasteiger partial charge on any atom is -0.507 e. The smallest absolute Gasteiger partial charge is 0.248 e. The molecule has 0 atom stereocenters. The number of aldehydes is 1. The van der Waals surface area contributed by atoms with E-state index in [2.05, 4.69) is 38.1 Å². The summed E-state index contributed by atoms with van der Waals surface area (Å²) in [4.78, 5) is 35.0. The van der Waals surface area contributed by atoms with Crippen LogP contribution < -0.4 is 11.5 Å². The van der Waals surface area contributed by atoms with E-state index < -0.39 is 5.91 Å². The number of amides is 1. The molecular formula is C31H27N9O3. The number of anilines is 1. The number of fused-ring (bicyclic) bond motifs is 2. The molecule has 43 heavy (non-hydrogen) atoms. The van der Waals surface area contributed by atoms with Crippen LogP contribution in [0.2, 0.25) is 0 Å². The van der Waals surface area contributed by atoms with Crippen molar-refractivity contribution in [3.63, 3.8) is 0 Å². The number of primary amides is 1. The molecule has 1 aliphatic carbocycles. The van der Waals surface area contributed by atoms with Gasteiger partial charge in [0.15, 0.2) is 17.8 Å². The molecule has 0 radical (unpaired) electrons. The van der Waals surface area contributed by atoms with E-state index in [1.807, 2.05) is 37.5 Å². The number of phenols is 1. The fraction of sp³-hybridized carbons (Fsp3) is 0.129. The molecule has 1 aliphatic rings. The number of pyridine rings is 2. The van der Waals surface area contributed by atoms with Crippen LogP contribution in [0.4, 0.5) is 5.82 Å². The predicted octanol–water partition coefficient (Wildman–Crippen LogP) is 3.65. The number of hydrogen-bond donors (Lipinski definition) is 3. The number of nitrogen functional groups attached to an aromatic ring is 1. The number of carbonyl (C=O) groups is 2. The third kappa shape index (κ3) is 5.28. The fourth-order valence-electron chi connectivity index (χ4n) is 5.10. The van der Waals surface area contributed by atoms with Crippen LogP contribution in [0.15, 0.2) is 73.1 Å². The molecule has 214 valence electrons. The van der Waals surface area contributed by atoms with Crippen molar-refractivity contribution >= 4 is 29.2 Å². The third-order valence-electron chi connectivity index (χ3n) is 7.23. The zero-order valence-electron chi connectivity index (χ0n) is 23.2. The number of rotatable bonds is 5. The Morgan fingerprint density at radius 3 is 2.58 bits per heavy atom. The second-order valence-corrected chi connectivity index (χ2v) is 10.1. The summed E-state index contributed by atoms with van der Waals surface area (Å²) in [6, 6.07) is 18.1. The van der Waals surface area contributed by atoms with Crippen LogP contribution in [0, 0.1) is 0 Å². The Labute approximate surface area is 245 Å². The molecule has 12 heteroatoms. The molecule has 0 saturated carbocycles. The van der Waals surface area contributed by atoms with Crippen molar-refractivity contribution in [2.75, 3.05) is 5.73 Å². The Morgan fingerprint density at radius 2 is 1.84 bits per heavy atom. The second-order valence-electron chi connectivity index (χ2n) is 10.1. The molecule has 6 aromatic rings. The topological polar surface area (TPSA) is 181 Å². The molecule has 12 nitrogen and oxygen atoms in total. The maximum atomic E-state index is 10.6. The first-order valence-corrected chi connectivity index (χ1v) is 13.5. The highest BCUT2D eigenvalue weighted by Gasteiger charge is 2.20. The molecule has 0 saturated heterocycles. The standard InChI is InChI=1S/C23H20N8.C8H7NO3/c1-30-13-20(28-29-30)18-9-10-19-23(26-18)31(16-8-7-14-4-2-5-15(14)12-16)22(27-19)17-6-3-11-25-21(17)24;9-8(12)5-1-2-7(11)6(3-5)4-10/h3,6-13H,2,4-5H2,1H3,(H2,24,25);1-4,11H,(H2,9,12). The minimum absolute atomic E-state index is 0.0614. The zero-order valence-corrected chi connectivity index (χ0v) is 23.2. The summed E-state index contributed by atoms with van der Waals surface area (Å²) < 4.78 is 3.74.